The SMILES string of the molecule is Cc1cc(C)c(NC(C)(C)c2ccccc2C2=CC(CN(C)C)=CC2)c(C)c1. The van der Waals surface area contributed by atoms with Gasteiger partial charge < -0.3 is 10.2 Å². The van der Waals surface area contributed by atoms with Crippen LogP contribution in [0.4, 0.5) is 5.69 Å². The van der Waals surface area contributed by atoms with Gasteiger partial charge >= 0.3 is 0 Å². The molecule has 2 heteroatoms. The first-order valence-corrected chi connectivity index (χ1v) is 10.2. The summed E-state index contributed by atoms with van der Waals surface area (Å²) in [7, 11) is 4.25. The molecule has 0 saturated heterocycles. The van der Waals surface area contributed by atoms with E-state index in [1.54, 1.807) is 0 Å². The fraction of sp³-hybridized carbons (Fsp3) is 0.385. The summed E-state index contributed by atoms with van der Waals surface area (Å²) in [5, 5.41) is 3.85. The molecule has 0 saturated carbocycles. The van der Waals surface area contributed by atoms with E-state index in [0.29, 0.717) is 0 Å². The fourth-order valence-electron chi connectivity index (χ4n) is 4.31. The Kier molecular flexibility index (Phi) is 5.81. The van der Waals surface area contributed by atoms with E-state index in [1.807, 2.05) is 0 Å². The fourth-order valence-corrected chi connectivity index (χ4v) is 4.31. The van der Waals surface area contributed by atoms with Gasteiger partial charge in [-0.15, -0.1) is 0 Å². The van der Waals surface area contributed by atoms with E-state index in [9.17, 15) is 0 Å². The average Bonchev–Trinajstić information content (AvgIpc) is 3.06. The van der Waals surface area contributed by atoms with Crippen molar-refractivity contribution in [2.75, 3.05) is 26.0 Å². The van der Waals surface area contributed by atoms with Gasteiger partial charge in [0.25, 0.3) is 0 Å². The highest BCUT2D eigenvalue weighted by Crippen LogP contribution is 2.37. The zero-order valence-electron chi connectivity index (χ0n) is 18.5. The van der Waals surface area contributed by atoms with Gasteiger partial charge in [-0.2, -0.15) is 0 Å². The molecule has 28 heavy (non-hydrogen) atoms. The van der Waals surface area contributed by atoms with Crippen LogP contribution < -0.4 is 5.32 Å². The topological polar surface area (TPSA) is 15.3 Å². The molecule has 0 amide bonds. The largest absolute Gasteiger partial charge is 0.376 e. The van der Waals surface area contributed by atoms with Crippen LogP contribution in [0.1, 0.15) is 48.1 Å². The quantitative estimate of drug-likeness (QED) is 0.644. The molecule has 0 fully saturated rings. The number of likely N-dealkylation sites (N-methyl/N-ethyl adjacent to an activating group) is 1. The zero-order chi connectivity index (χ0) is 20.5. The van der Waals surface area contributed by atoms with E-state index >= 15 is 0 Å². The van der Waals surface area contributed by atoms with Crippen molar-refractivity contribution in [2.24, 2.45) is 0 Å². The highest BCUT2D eigenvalue weighted by molar-refractivity contribution is 5.76. The smallest absolute Gasteiger partial charge is 0.0575 e. The van der Waals surface area contributed by atoms with Crippen molar-refractivity contribution in [1.29, 1.82) is 0 Å². The number of nitrogens with one attached hydrogen (secondary N) is 1. The van der Waals surface area contributed by atoms with Gasteiger partial charge in [0.1, 0.15) is 0 Å². The van der Waals surface area contributed by atoms with Crippen molar-refractivity contribution in [3.05, 3.63) is 81.9 Å². The van der Waals surface area contributed by atoms with E-state index < -0.39 is 0 Å². The van der Waals surface area contributed by atoms with Gasteiger partial charge in [0.05, 0.1) is 5.54 Å². The highest BCUT2D eigenvalue weighted by Gasteiger charge is 2.26. The molecule has 148 valence electrons. The minimum absolute atomic E-state index is 0.174. The molecule has 0 aliphatic heterocycles. The van der Waals surface area contributed by atoms with Crippen molar-refractivity contribution >= 4 is 11.3 Å². The van der Waals surface area contributed by atoms with E-state index in [-0.39, 0.29) is 5.54 Å². The Morgan fingerprint density at radius 3 is 2.29 bits per heavy atom. The molecule has 2 aromatic carbocycles. The Balaban J connectivity index is 1.94. The normalized spacial score (nSPS) is 14.3. The summed E-state index contributed by atoms with van der Waals surface area (Å²) in [5.41, 5.74) is 10.5. The van der Waals surface area contributed by atoms with Crippen molar-refractivity contribution in [3.8, 4) is 0 Å². The molecular formula is C26H34N2. The zero-order valence-corrected chi connectivity index (χ0v) is 18.5. The van der Waals surface area contributed by atoms with Crippen molar-refractivity contribution in [2.45, 2.75) is 46.6 Å². The van der Waals surface area contributed by atoms with Gasteiger partial charge in [0.2, 0.25) is 0 Å². The molecular weight excluding hydrogens is 340 g/mol. The Morgan fingerprint density at radius 2 is 1.64 bits per heavy atom. The van der Waals surface area contributed by atoms with Gasteiger partial charge in [0, 0.05) is 12.2 Å². The second-order valence-electron chi connectivity index (χ2n) is 8.96. The van der Waals surface area contributed by atoms with Gasteiger partial charge in [0.15, 0.2) is 0 Å². The lowest BCUT2D eigenvalue weighted by molar-refractivity contribution is 0.449. The predicted molar refractivity (Wildman–Crippen MR) is 123 cm³/mol. The van der Waals surface area contributed by atoms with Crippen molar-refractivity contribution < 1.29 is 0 Å². The number of allylic oxidation sites excluding steroid dienone is 2. The van der Waals surface area contributed by atoms with Gasteiger partial charge in [-0.1, -0.05) is 54.1 Å². The third-order valence-corrected chi connectivity index (χ3v) is 5.50. The molecule has 0 spiro atoms. The number of hydrogen-bond donors (Lipinski definition) is 1. The summed E-state index contributed by atoms with van der Waals surface area (Å²) < 4.78 is 0. The number of hydrogen-bond acceptors (Lipinski definition) is 2. The minimum atomic E-state index is -0.174. The molecule has 0 atom stereocenters. The standard InChI is InChI=1S/C26H34N2/c1-18-14-19(2)25(20(3)15-18)27-26(4,5)24-11-9-8-10-23(24)22-13-12-21(16-22)17-28(6)7/h8-12,14-16,27H,13,17H2,1-7H3. The molecule has 1 aliphatic carbocycles. The first-order chi connectivity index (χ1) is 13.2. The maximum Gasteiger partial charge on any atom is 0.0575 e. The number of aryl methyl sites for hydroxylation is 3. The molecule has 0 heterocycles. The molecule has 2 nitrogen and oxygen atoms in total. The van der Waals surface area contributed by atoms with Crippen LogP contribution in [0.15, 0.2) is 54.1 Å². The molecule has 0 unspecified atom stereocenters. The average molecular weight is 375 g/mol. The van der Waals surface area contributed by atoms with Gasteiger partial charge in [-0.05, 0) is 88.5 Å². The van der Waals surface area contributed by atoms with Crippen LogP contribution in [0.25, 0.3) is 5.57 Å². The number of anilines is 1. The first-order valence-electron chi connectivity index (χ1n) is 10.2. The molecule has 1 aliphatic rings. The van der Waals surface area contributed by atoms with Crippen LogP contribution in [-0.2, 0) is 5.54 Å². The number of nitrogens with zero attached hydrogens (tertiary/aromatic N) is 1. The second kappa shape index (κ2) is 7.97. The Bertz CT molecular complexity index is 906. The van der Waals surface area contributed by atoms with Crippen LogP contribution in [0.2, 0.25) is 0 Å². The molecule has 0 bridgehead atoms. The minimum Gasteiger partial charge on any atom is -0.376 e. The summed E-state index contributed by atoms with van der Waals surface area (Å²) in [6.45, 7) is 12.1. The number of rotatable bonds is 6. The van der Waals surface area contributed by atoms with Crippen LogP contribution in [0.5, 0.6) is 0 Å². The molecule has 0 aromatic heterocycles. The summed E-state index contributed by atoms with van der Waals surface area (Å²) in [5.74, 6) is 0. The first kappa shape index (κ1) is 20.4. The van der Waals surface area contributed by atoms with Crippen molar-refractivity contribution in [1.82, 2.24) is 4.90 Å². The summed E-state index contributed by atoms with van der Waals surface area (Å²) in [6, 6.07) is 13.4. The maximum atomic E-state index is 3.85. The van der Waals surface area contributed by atoms with Crippen LogP contribution in [0, 0.1) is 20.8 Å². The van der Waals surface area contributed by atoms with E-state index in [2.05, 4.69) is 107 Å². The monoisotopic (exact) mass is 374 g/mol. The number of benzene rings is 2. The highest BCUT2D eigenvalue weighted by atomic mass is 15.0. The molecule has 0 radical (unpaired) electrons. The maximum absolute atomic E-state index is 3.85. The lowest BCUT2D eigenvalue weighted by Gasteiger charge is -2.32. The van der Waals surface area contributed by atoms with Crippen LogP contribution in [0.3, 0.4) is 0 Å². The lowest BCUT2D eigenvalue weighted by Crippen LogP contribution is -2.30. The Hall–Kier alpha value is -2.32. The summed E-state index contributed by atoms with van der Waals surface area (Å²) in [6.07, 6.45) is 5.75. The van der Waals surface area contributed by atoms with Gasteiger partial charge in [-0.3, -0.25) is 0 Å². The predicted octanol–water partition coefficient (Wildman–Crippen LogP) is 6.23. The Labute approximate surface area is 171 Å². The van der Waals surface area contributed by atoms with Crippen LogP contribution in [-0.4, -0.2) is 25.5 Å². The summed E-state index contributed by atoms with van der Waals surface area (Å²) >= 11 is 0. The molecule has 2 aromatic rings. The van der Waals surface area contributed by atoms with Gasteiger partial charge in [-0.25, -0.2) is 0 Å². The van der Waals surface area contributed by atoms with E-state index in [4.69, 9.17) is 0 Å². The Morgan fingerprint density at radius 1 is 1.00 bits per heavy atom. The lowest BCUT2D eigenvalue weighted by atomic mass is 9.85. The van der Waals surface area contributed by atoms with E-state index in [1.165, 1.54) is 44.7 Å². The van der Waals surface area contributed by atoms with Crippen molar-refractivity contribution in [3.63, 3.8) is 0 Å². The third-order valence-electron chi connectivity index (χ3n) is 5.50. The van der Waals surface area contributed by atoms with E-state index in [0.717, 1.165) is 13.0 Å². The molecule has 1 N–H and O–H groups in total. The second-order valence-corrected chi connectivity index (χ2v) is 8.96. The molecule has 3 rings (SSSR count). The van der Waals surface area contributed by atoms with Crippen LogP contribution >= 0.6 is 0 Å². The third kappa shape index (κ3) is 4.39. The summed E-state index contributed by atoms with van der Waals surface area (Å²) in [4.78, 5) is 2.23.